The Bertz CT molecular complexity index is 704. The topological polar surface area (TPSA) is 85.1 Å². The monoisotopic (exact) mass is 295 g/mol. The van der Waals surface area contributed by atoms with Crippen LogP contribution in [0.3, 0.4) is 0 Å². The molecule has 0 aliphatic carbocycles. The van der Waals surface area contributed by atoms with E-state index in [0.29, 0.717) is 5.56 Å². The predicted octanol–water partition coefficient (Wildman–Crippen LogP) is 1.32. The lowest BCUT2D eigenvalue weighted by molar-refractivity contribution is 0.577. The van der Waals surface area contributed by atoms with Crippen LogP contribution in [0, 0.1) is 5.82 Å². The maximum Gasteiger partial charge on any atom is 0.244 e. The molecule has 0 aliphatic heterocycles. The second kappa shape index (κ2) is 5.98. The molecule has 1 aromatic carbocycles. The minimum Gasteiger partial charge on any atom is -0.398 e. The Labute approximate surface area is 116 Å². The number of aromatic nitrogens is 1. The molecule has 0 unspecified atom stereocenters. The van der Waals surface area contributed by atoms with Crippen LogP contribution >= 0.6 is 0 Å². The van der Waals surface area contributed by atoms with Crippen LogP contribution < -0.4 is 10.5 Å². The SMILES string of the molecule is Nc1ccncc1S(=O)(=O)NCCc1ccccc1F. The number of hydrogen-bond acceptors (Lipinski definition) is 4. The van der Waals surface area contributed by atoms with Gasteiger partial charge in [0.25, 0.3) is 0 Å². The number of hydrogen-bond donors (Lipinski definition) is 2. The quantitative estimate of drug-likeness (QED) is 0.871. The number of halogens is 1. The molecule has 0 bridgehead atoms. The second-order valence-electron chi connectivity index (χ2n) is 4.15. The molecule has 0 spiro atoms. The first-order chi connectivity index (χ1) is 9.50. The number of nitrogens with zero attached hydrogens (tertiary/aromatic N) is 1. The number of pyridine rings is 1. The van der Waals surface area contributed by atoms with Gasteiger partial charge in [-0.15, -0.1) is 0 Å². The summed E-state index contributed by atoms with van der Waals surface area (Å²) in [5.41, 5.74) is 6.17. The predicted molar refractivity (Wildman–Crippen MR) is 73.9 cm³/mol. The van der Waals surface area contributed by atoms with E-state index >= 15 is 0 Å². The van der Waals surface area contributed by atoms with Gasteiger partial charge in [-0.3, -0.25) is 4.98 Å². The number of anilines is 1. The minimum absolute atomic E-state index is 0.0754. The summed E-state index contributed by atoms with van der Waals surface area (Å²) in [4.78, 5) is 3.66. The number of sulfonamides is 1. The van der Waals surface area contributed by atoms with E-state index in [-0.39, 0.29) is 29.4 Å². The standard InChI is InChI=1S/C13H14FN3O2S/c14-11-4-2-1-3-10(11)5-8-17-20(18,19)13-9-16-7-6-12(13)15/h1-4,6-7,9,17H,5,8H2,(H2,15,16). The van der Waals surface area contributed by atoms with Crippen molar-refractivity contribution in [2.75, 3.05) is 12.3 Å². The fraction of sp³-hybridized carbons (Fsp3) is 0.154. The first-order valence-electron chi connectivity index (χ1n) is 5.93. The summed E-state index contributed by atoms with van der Waals surface area (Å²) in [6, 6.07) is 7.64. The van der Waals surface area contributed by atoms with Gasteiger partial charge < -0.3 is 5.73 Å². The highest BCUT2D eigenvalue weighted by molar-refractivity contribution is 7.89. The van der Waals surface area contributed by atoms with Crippen molar-refractivity contribution < 1.29 is 12.8 Å². The molecule has 2 aromatic rings. The highest BCUT2D eigenvalue weighted by Crippen LogP contribution is 2.15. The molecule has 5 nitrogen and oxygen atoms in total. The average molecular weight is 295 g/mol. The van der Waals surface area contributed by atoms with Crippen molar-refractivity contribution in [3.8, 4) is 0 Å². The molecule has 3 N–H and O–H groups in total. The number of nitrogen functional groups attached to an aromatic ring is 1. The zero-order chi connectivity index (χ0) is 14.6. The van der Waals surface area contributed by atoms with Gasteiger partial charge in [-0.1, -0.05) is 18.2 Å². The zero-order valence-electron chi connectivity index (χ0n) is 10.6. The Morgan fingerprint density at radius 3 is 2.70 bits per heavy atom. The Morgan fingerprint density at radius 1 is 1.25 bits per heavy atom. The van der Waals surface area contributed by atoms with E-state index in [1.807, 2.05) is 0 Å². The van der Waals surface area contributed by atoms with E-state index in [2.05, 4.69) is 9.71 Å². The maximum atomic E-state index is 13.4. The van der Waals surface area contributed by atoms with Crippen LogP contribution in [0.2, 0.25) is 0 Å². The third-order valence-electron chi connectivity index (χ3n) is 2.75. The van der Waals surface area contributed by atoms with Crippen LogP contribution in [0.25, 0.3) is 0 Å². The third kappa shape index (κ3) is 3.31. The van der Waals surface area contributed by atoms with E-state index in [9.17, 15) is 12.8 Å². The maximum absolute atomic E-state index is 13.4. The highest BCUT2D eigenvalue weighted by Gasteiger charge is 2.17. The summed E-state index contributed by atoms with van der Waals surface area (Å²) in [6.07, 6.45) is 2.85. The van der Waals surface area contributed by atoms with Crippen LogP contribution in [0.15, 0.2) is 47.6 Å². The van der Waals surface area contributed by atoms with Crippen LogP contribution in [0.5, 0.6) is 0 Å². The van der Waals surface area contributed by atoms with E-state index in [1.165, 1.54) is 24.5 Å². The van der Waals surface area contributed by atoms with Gasteiger partial charge in [-0.25, -0.2) is 17.5 Å². The summed E-state index contributed by atoms with van der Waals surface area (Å²) in [7, 11) is -3.73. The van der Waals surface area contributed by atoms with Crippen molar-refractivity contribution in [2.45, 2.75) is 11.3 Å². The molecule has 0 fully saturated rings. The van der Waals surface area contributed by atoms with Crippen LogP contribution in [0.4, 0.5) is 10.1 Å². The molecule has 1 aromatic heterocycles. The van der Waals surface area contributed by atoms with Gasteiger partial charge >= 0.3 is 0 Å². The summed E-state index contributed by atoms with van der Waals surface area (Å²) >= 11 is 0. The van der Waals surface area contributed by atoms with Gasteiger partial charge in [0, 0.05) is 18.9 Å². The second-order valence-corrected chi connectivity index (χ2v) is 5.89. The number of rotatable bonds is 5. The normalized spacial score (nSPS) is 11.4. The first-order valence-corrected chi connectivity index (χ1v) is 7.41. The summed E-state index contributed by atoms with van der Waals surface area (Å²) in [5.74, 6) is -0.354. The third-order valence-corrected chi connectivity index (χ3v) is 4.25. The van der Waals surface area contributed by atoms with Gasteiger partial charge in [-0.2, -0.15) is 0 Å². The number of benzene rings is 1. The molecular formula is C13H14FN3O2S. The fourth-order valence-electron chi connectivity index (χ4n) is 1.71. The first kappa shape index (κ1) is 14.4. The molecule has 7 heteroatoms. The molecule has 20 heavy (non-hydrogen) atoms. The smallest absolute Gasteiger partial charge is 0.244 e. The number of nitrogens with two attached hydrogens (primary N) is 1. The molecule has 1 heterocycles. The van der Waals surface area contributed by atoms with E-state index < -0.39 is 10.0 Å². The Balaban J connectivity index is 2.04. The van der Waals surface area contributed by atoms with Gasteiger partial charge in [0.15, 0.2) is 0 Å². The van der Waals surface area contributed by atoms with E-state index in [0.717, 1.165) is 0 Å². The van der Waals surface area contributed by atoms with Crippen molar-refractivity contribution in [2.24, 2.45) is 0 Å². The van der Waals surface area contributed by atoms with Crippen LogP contribution in [-0.4, -0.2) is 19.9 Å². The molecule has 106 valence electrons. The van der Waals surface area contributed by atoms with Crippen molar-refractivity contribution >= 4 is 15.7 Å². The van der Waals surface area contributed by atoms with Gasteiger partial charge in [0.1, 0.15) is 10.7 Å². The lowest BCUT2D eigenvalue weighted by Gasteiger charge is -2.08. The lowest BCUT2D eigenvalue weighted by atomic mass is 10.1. The van der Waals surface area contributed by atoms with Crippen molar-refractivity contribution in [3.63, 3.8) is 0 Å². The van der Waals surface area contributed by atoms with Crippen molar-refractivity contribution in [3.05, 3.63) is 54.1 Å². The lowest BCUT2D eigenvalue weighted by Crippen LogP contribution is -2.27. The summed E-state index contributed by atoms with van der Waals surface area (Å²) in [5, 5.41) is 0. The molecule has 0 amide bonds. The van der Waals surface area contributed by atoms with E-state index in [4.69, 9.17) is 5.73 Å². The average Bonchev–Trinajstić information content (AvgIpc) is 2.41. The Kier molecular flexibility index (Phi) is 4.31. The fourth-order valence-corrected chi connectivity index (χ4v) is 2.82. The molecule has 0 radical (unpaired) electrons. The molecule has 2 rings (SSSR count). The Hall–Kier alpha value is -1.99. The largest absolute Gasteiger partial charge is 0.398 e. The molecule has 0 aliphatic rings. The number of nitrogens with one attached hydrogen (secondary N) is 1. The van der Waals surface area contributed by atoms with Gasteiger partial charge in [-0.05, 0) is 24.1 Å². The zero-order valence-corrected chi connectivity index (χ0v) is 11.4. The van der Waals surface area contributed by atoms with Crippen molar-refractivity contribution in [1.29, 1.82) is 0 Å². The summed E-state index contributed by atoms with van der Waals surface area (Å²) in [6.45, 7) is 0.0810. The molecule has 0 saturated heterocycles. The molecule has 0 saturated carbocycles. The van der Waals surface area contributed by atoms with E-state index in [1.54, 1.807) is 18.2 Å². The summed E-state index contributed by atoms with van der Waals surface area (Å²) < 4.78 is 39.8. The van der Waals surface area contributed by atoms with Crippen molar-refractivity contribution in [1.82, 2.24) is 9.71 Å². The van der Waals surface area contributed by atoms with Crippen LogP contribution in [0.1, 0.15) is 5.56 Å². The van der Waals surface area contributed by atoms with Gasteiger partial charge in [0.05, 0.1) is 5.69 Å². The highest BCUT2D eigenvalue weighted by atomic mass is 32.2. The van der Waals surface area contributed by atoms with Gasteiger partial charge in [0.2, 0.25) is 10.0 Å². The molecular weight excluding hydrogens is 281 g/mol. The minimum atomic E-state index is -3.73. The van der Waals surface area contributed by atoms with Crippen LogP contribution in [-0.2, 0) is 16.4 Å². The Morgan fingerprint density at radius 2 is 2.00 bits per heavy atom. The molecule has 0 atom stereocenters.